The van der Waals surface area contributed by atoms with Gasteiger partial charge in [0.05, 0.1) is 0 Å². The van der Waals surface area contributed by atoms with Gasteiger partial charge in [0, 0.05) is 20.7 Å². The van der Waals surface area contributed by atoms with Crippen LogP contribution in [0.5, 0.6) is 0 Å². The van der Waals surface area contributed by atoms with Crippen molar-refractivity contribution in [3.05, 3.63) is 64.7 Å². The Hall–Kier alpha value is -1.06. The predicted molar refractivity (Wildman–Crippen MR) is 85.9 cm³/mol. The molecule has 0 saturated heterocycles. The Morgan fingerprint density at radius 2 is 1.81 bits per heavy atom. The molecule has 0 aliphatic carbocycles. The quantitative estimate of drug-likeness (QED) is 0.536. The molecule has 112 valence electrons. The van der Waals surface area contributed by atoms with E-state index < -0.39 is 5.82 Å². The summed E-state index contributed by atoms with van der Waals surface area (Å²) in [6.07, 6.45) is 2.81. The molecule has 0 heterocycles. The summed E-state index contributed by atoms with van der Waals surface area (Å²) in [5.74, 6) is -0.747. The summed E-state index contributed by atoms with van der Waals surface area (Å²) in [6, 6.07) is 11.1. The number of halogens is 3. The van der Waals surface area contributed by atoms with E-state index in [0.29, 0.717) is 10.6 Å². The molecule has 0 aliphatic rings. The van der Waals surface area contributed by atoms with Crippen LogP contribution in [0.1, 0.15) is 37.0 Å². The molecular formula is C17H17ClF2S. The fraction of sp³-hybridized carbons (Fsp3) is 0.294. The van der Waals surface area contributed by atoms with Crippen molar-refractivity contribution in [2.45, 2.75) is 36.3 Å². The highest BCUT2D eigenvalue weighted by molar-refractivity contribution is 7.99. The minimum atomic E-state index is -0.399. The summed E-state index contributed by atoms with van der Waals surface area (Å²) >= 11 is 7.42. The third-order valence-corrected chi connectivity index (χ3v) is 4.79. The zero-order valence-corrected chi connectivity index (χ0v) is 13.4. The fourth-order valence-corrected chi connectivity index (χ4v) is 3.45. The van der Waals surface area contributed by atoms with Crippen LogP contribution >= 0.6 is 23.4 Å². The number of unbranched alkanes of at least 4 members (excludes halogenated alkanes) is 1. The molecule has 21 heavy (non-hydrogen) atoms. The van der Waals surface area contributed by atoms with E-state index in [1.165, 1.54) is 12.1 Å². The van der Waals surface area contributed by atoms with Gasteiger partial charge in [-0.3, -0.25) is 0 Å². The molecule has 2 aromatic rings. The maximum absolute atomic E-state index is 14.0. The van der Waals surface area contributed by atoms with Gasteiger partial charge in [0.15, 0.2) is 0 Å². The Balaban J connectivity index is 2.25. The molecule has 0 amide bonds. The number of benzene rings is 2. The highest BCUT2D eigenvalue weighted by Crippen LogP contribution is 2.40. The number of hydrogen-bond acceptors (Lipinski definition) is 1. The monoisotopic (exact) mass is 326 g/mol. The summed E-state index contributed by atoms with van der Waals surface area (Å²) < 4.78 is 27.4. The van der Waals surface area contributed by atoms with E-state index in [9.17, 15) is 8.78 Å². The van der Waals surface area contributed by atoms with Crippen molar-refractivity contribution in [3.63, 3.8) is 0 Å². The first-order chi connectivity index (χ1) is 10.1. The van der Waals surface area contributed by atoms with Crippen molar-refractivity contribution in [1.29, 1.82) is 0 Å². The highest BCUT2D eigenvalue weighted by atomic mass is 35.5. The van der Waals surface area contributed by atoms with Crippen molar-refractivity contribution < 1.29 is 8.78 Å². The number of thioether (sulfide) groups is 1. The molecule has 1 unspecified atom stereocenters. The Bertz CT molecular complexity index is 584. The van der Waals surface area contributed by atoms with Gasteiger partial charge in [-0.2, -0.15) is 0 Å². The van der Waals surface area contributed by atoms with Gasteiger partial charge in [0.25, 0.3) is 0 Å². The Labute approximate surface area is 133 Å². The molecule has 1 atom stereocenters. The molecule has 2 rings (SSSR count). The molecule has 0 radical (unpaired) electrons. The van der Waals surface area contributed by atoms with E-state index in [1.54, 1.807) is 11.8 Å². The summed E-state index contributed by atoms with van der Waals surface area (Å²) in [5.41, 5.74) is 0.434. The maximum Gasteiger partial charge on any atom is 0.127 e. The summed E-state index contributed by atoms with van der Waals surface area (Å²) in [7, 11) is 0. The van der Waals surface area contributed by atoms with E-state index in [-0.39, 0.29) is 11.1 Å². The van der Waals surface area contributed by atoms with Crippen LogP contribution in [-0.4, -0.2) is 0 Å². The third kappa shape index (κ3) is 4.72. The zero-order chi connectivity index (χ0) is 15.2. The molecule has 0 saturated carbocycles. The first-order valence-corrected chi connectivity index (χ1v) is 8.23. The molecule has 0 fully saturated rings. The van der Waals surface area contributed by atoms with E-state index >= 15 is 0 Å². The Kier molecular flexibility index (Phi) is 6.07. The SMILES string of the molecule is CCCCC(Sc1ccc(Cl)cc1)c1cc(F)ccc1F. The van der Waals surface area contributed by atoms with Crippen LogP contribution in [0.4, 0.5) is 8.78 Å². The molecule has 0 N–H and O–H groups in total. The molecule has 4 heteroatoms. The van der Waals surface area contributed by atoms with Gasteiger partial charge in [0.2, 0.25) is 0 Å². The average molecular weight is 327 g/mol. The van der Waals surface area contributed by atoms with Crippen LogP contribution in [0.3, 0.4) is 0 Å². The zero-order valence-electron chi connectivity index (χ0n) is 11.8. The average Bonchev–Trinajstić information content (AvgIpc) is 2.48. The minimum absolute atomic E-state index is 0.0955. The second-order valence-electron chi connectivity index (χ2n) is 4.87. The molecule has 2 aromatic carbocycles. The standard InChI is InChI=1S/C17H17ClF2S/c1-2-3-4-17(15-11-13(19)7-10-16(15)20)21-14-8-5-12(18)6-9-14/h5-11,17H,2-4H2,1H3. The first kappa shape index (κ1) is 16.3. The largest absolute Gasteiger partial charge is 0.207 e. The van der Waals surface area contributed by atoms with Crippen LogP contribution in [0.15, 0.2) is 47.4 Å². The van der Waals surface area contributed by atoms with Gasteiger partial charge in [-0.25, -0.2) is 8.78 Å². The summed E-state index contributed by atoms with van der Waals surface area (Å²) in [5, 5.41) is 0.572. The van der Waals surface area contributed by atoms with Crippen LogP contribution in [0.25, 0.3) is 0 Å². The van der Waals surface area contributed by atoms with Gasteiger partial charge < -0.3 is 0 Å². The lowest BCUT2D eigenvalue weighted by Crippen LogP contribution is -1.99. The van der Waals surface area contributed by atoms with Crippen LogP contribution in [-0.2, 0) is 0 Å². The van der Waals surface area contributed by atoms with Crippen LogP contribution < -0.4 is 0 Å². The van der Waals surface area contributed by atoms with Crippen molar-refractivity contribution >= 4 is 23.4 Å². The number of rotatable bonds is 6. The first-order valence-electron chi connectivity index (χ1n) is 6.97. The molecule has 0 aromatic heterocycles. The Morgan fingerprint density at radius 3 is 2.48 bits per heavy atom. The molecule has 0 spiro atoms. The summed E-state index contributed by atoms with van der Waals surface area (Å²) in [4.78, 5) is 1.00. The van der Waals surface area contributed by atoms with Crippen LogP contribution in [0.2, 0.25) is 5.02 Å². The Morgan fingerprint density at radius 1 is 1.10 bits per heavy atom. The molecule has 0 aliphatic heterocycles. The van der Waals surface area contributed by atoms with E-state index in [0.717, 1.165) is 30.2 Å². The van der Waals surface area contributed by atoms with Crippen molar-refractivity contribution in [1.82, 2.24) is 0 Å². The van der Waals surface area contributed by atoms with Gasteiger partial charge >= 0.3 is 0 Å². The smallest absolute Gasteiger partial charge is 0.127 e. The highest BCUT2D eigenvalue weighted by Gasteiger charge is 2.17. The predicted octanol–water partition coefficient (Wildman–Crippen LogP) is 6.64. The lowest BCUT2D eigenvalue weighted by molar-refractivity contribution is 0.574. The lowest BCUT2D eigenvalue weighted by atomic mass is 10.1. The minimum Gasteiger partial charge on any atom is -0.207 e. The van der Waals surface area contributed by atoms with E-state index in [2.05, 4.69) is 6.92 Å². The van der Waals surface area contributed by atoms with Crippen molar-refractivity contribution in [3.8, 4) is 0 Å². The van der Waals surface area contributed by atoms with Crippen molar-refractivity contribution in [2.24, 2.45) is 0 Å². The maximum atomic E-state index is 14.0. The topological polar surface area (TPSA) is 0 Å². The molecule has 0 bridgehead atoms. The number of hydrogen-bond donors (Lipinski definition) is 0. The molecular weight excluding hydrogens is 310 g/mol. The second-order valence-corrected chi connectivity index (χ2v) is 6.58. The second kappa shape index (κ2) is 7.81. The van der Waals surface area contributed by atoms with Crippen molar-refractivity contribution in [2.75, 3.05) is 0 Å². The van der Waals surface area contributed by atoms with Gasteiger partial charge in [-0.05, 0) is 48.9 Å². The van der Waals surface area contributed by atoms with E-state index in [1.807, 2.05) is 24.3 Å². The van der Waals surface area contributed by atoms with E-state index in [4.69, 9.17) is 11.6 Å². The third-order valence-electron chi connectivity index (χ3n) is 3.22. The van der Waals surface area contributed by atoms with Crippen LogP contribution in [0, 0.1) is 11.6 Å². The summed E-state index contributed by atoms with van der Waals surface area (Å²) in [6.45, 7) is 2.09. The van der Waals surface area contributed by atoms with Gasteiger partial charge in [-0.15, -0.1) is 11.8 Å². The van der Waals surface area contributed by atoms with Gasteiger partial charge in [-0.1, -0.05) is 31.4 Å². The lowest BCUT2D eigenvalue weighted by Gasteiger charge is -2.18. The van der Waals surface area contributed by atoms with Gasteiger partial charge in [0.1, 0.15) is 11.6 Å². The normalized spacial score (nSPS) is 12.4. The fourth-order valence-electron chi connectivity index (χ4n) is 2.11. The molecule has 0 nitrogen and oxygen atoms in total.